The predicted octanol–water partition coefficient (Wildman–Crippen LogP) is 2.86. The van der Waals surface area contributed by atoms with Gasteiger partial charge in [0.15, 0.2) is 0 Å². The molecule has 0 spiro atoms. The molecule has 5 nitrogen and oxygen atoms in total. The number of nitrogens with one attached hydrogen (secondary N) is 2. The fourth-order valence-electron chi connectivity index (χ4n) is 1.80. The summed E-state index contributed by atoms with van der Waals surface area (Å²) in [4.78, 5) is 12.1. The Kier molecular flexibility index (Phi) is 2.89. The second kappa shape index (κ2) is 4.70. The van der Waals surface area contributed by atoms with E-state index < -0.39 is 0 Å². The number of benzene rings is 2. The summed E-state index contributed by atoms with van der Waals surface area (Å²) in [6.45, 7) is 0. The molecule has 0 aliphatic rings. The molecule has 2 N–H and O–H groups in total. The lowest BCUT2D eigenvalue weighted by molar-refractivity contribution is 0.102. The quantitative estimate of drug-likeness (QED) is 0.753. The van der Waals surface area contributed by atoms with E-state index in [2.05, 4.69) is 20.7 Å². The fraction of sp³-hybridized carbons (Fsp3) is 0. The number of amides is 1. The first-order chi connectivity index (χ1) is 9.25. The summed E-state index contributed by atoms with van der Waals surface area (Å²) in [5, 5.41) is 13.7. The monoisotopic (exact) mass is 272 g/mol. The van der Waals surface area contributed by atoms with Crippen LogP contribution in [0, 0.1) is 0 Å². The van der Waals surface area contributed by atoms with E-state index in [9.17, 15) is 4.79 Å². The van der Waals surface area contributed by atoms with Crippen LogP contribution in [0.25, 0.3) is 11.0 Å². The number of carbonyl (C=O) groups excluding carboxylic acids is 1. The number of fused-ring (bicyclic) bond motifs is 1. The van der Waals surface area contributed by atoms with E-state index in [1.807, 2.05) is 6.07 Å². The Bertz CT molecular complexity index is 753. The molecule has 0 aliphatic carbocycles. The van der Waals surface area contributed by atoms with E-state index >= 15 is 0 Å². The molecule has 0 radical (unpaired) electrons. The largest absolute Gasteiger partial charge is 0.320 e. The van der Waals surface area contributed by atoms with Crippen LogP contribution in [-0.4, -0.2) is 21.3 Å². The molecule has 1 heterocycles. The van der Waals surface area contributed by atoms with Crippen LogP contribution in [0.5, 0.6) is 0 Å². The molecule has 1 aromatic heterocycles. The van der Waals surface area contributed by atoms with Gasteiger partial charge in [0.2, 0.25) is 0 Å². The molecule has 1 amide bonds. The number of anilines is 1. The van der Waals surface area contributed by atoms with Crippen molar-refractivity contribution in [2.45, 2.75) is 0 Å². The summed E-state index contributed by atoms with van der Waals surface area (Å²) in [6, 6.07) is 12.2. The maximum atomic E-state index is 12.1. The standard InChI is InChI=1S/C13H9ClN4O/c14-9-5-2-1-4-8(9)13(19)15-10-6-3-7-11-12(10)17-18-16-11/h1-7H,(H,15,19)(H,16,17,18). The molecule has 2 aromatic carbocycles. The van der Waals surface area contributed by atoms with Crippen LogP contribution >= 0.6 is 11.6 Å². The van der Waals surface area contributed by atoms with Crippen molar-refractivity contribution in [2.24, 2.45) is 0 Å². The second-order valence-corrected chi connectivity index (χ2v) is 4.34. The lowest BCUT2D eigenvalue weighted by Crippen LogP contribution is -2.12. The number of aromatic nitrogens is 3. The number of halogens is 1. The maximum Gasteiger partial charge on any atom is 0.257 e. The average Bonchev–Trinajstić information content (AvgIpc) is 2.88. The van der Waals surface area contributed by atoms with Gasteiger partial charge in [-0.3, -0.25) is 4.79 Å². The van der Waals surface area contributed by atoms with Crippen molar-refractivity contribution in [3.05, 3.63) is 53.1 Å². The number of hydrogen-bond acceptors (Lipinski definition) is 3. The highest BCUT2D eigenvalue weighted by Crippen LogP contribution is 2.21. The predicted molar refractivity (Wildman–Crippen MR) is 73.3 cm³/mol. The van der Waals surface area contributed by atoms with Crippen molar-refractivity contribution in [3.63, 3.8) is 0 Å². The van der Waals surface area contributed by atoms with Gasteiger partial charge in [-0.05, 0) is 24.3 Å². The summed E-state index contributed by atoms with van der Waals surface area (Å²) < 4.78 is 0. The number of hydrogen-bond donors (Lipinski definition) is 2. The number of rotatable bonds is 2. The number of carbonyl (C=O) groups is 1. The number of nitrogens with zero attached hydrogens (tertiary/aromatic N) is 2. The molecular weight excluding hydrogens is 264 g/mol. The lowest BCUT2D eigenvalue weighted by atomic mass is 10.2. The average molecular weight is 273 g/mol. The molecule has 3 rings (SSSR count). The van der Waals surface area contributed by atoms with Crippen LogP contribution in [0.1, 0.15) is 10.4 Å². The van der Waals surface area contributed by atoms with Crippen LogP contribution < -0.4 is 5.32 Å². The van der Waals surface area contributed by atoms with Crippen LogP contribution in [0.15, 0.2) is 42.5 Å². The number of aromatic amines is 1. The molecule has 0 atom stereocenters. The highest BCUT2D eigenvalue weighted by molar-refractivity contribution is 6.34. The Hall–Kier alpha value is -2.40. The van der Waals surface area contributed by atoms with Crippen molar-refractivity contribution in [1.82, 2.24) is 15.4 Å². The van der Waals surface area contributed by atoms with Gasteiger partial charge in [-0.2, -0.15) is 15.4 Å². The molecule has 0 bridgehead atoms. The van der Waals surface area contributed by atoms with Gasteiger partial charge >= 0.3 is 0 Å². The van der Waals surface area contributed by atoms with Crippen molar-refractivity contribution in [2.75, 3.05) is 5.32 Å². The molecule has 0 saturated heterocycles. The van der Waals surface area contributed by atoms with Gasteiger partial charge in [0, 0.05) is 0 Å². The van der Waals surface area contributed by atoms with Gasteiger partial charge in [0.25, 0.3) is 5.91 Å². The minimum atomic E-state index is -0.277. The third kappa shape index (κ3) is 2.15. The second-order valence-electron chi connectivity index (χ2n) is 3.93. The molecule has 0 unspecified atom stereocenters. The van der Waals surface area contributed by atoms with Gasteiger partial charge in [0.05, 0.1) is 16.3 Å². The molecule has 0 saturated carbocycles. The van der Waals surface area contributed by atoms with E-state index in [0.717, 1.165) is 0 Å². The summed E-state index contributed by atoms with van der Waals surface area (Å²) in [5.41, 5.74) is 2.32. The Morgan fingerprint density at radius 2 is 1.95 bits per heavy atom. The Morgan fingerprint density at radius 1 is 1.11 bits per heavy atom. The Balaban J connectivity index is 1.95. The molecule has 94 valence electrons. The van der Waals surface area contributed by atoms with Crippen molar-refractivity contribution < 1.29 is 4.79 Å². The Morgan fingerprint density at radius 3 is 2.79 bits per heavy atom. The van der Waals surface area contributed by atoms with Gasteiger partial charge in [-0.15, -0.1) is 0 Å². The van der Waals surface area contributed by atoms with Crippen LogP contribution in [0.2, 0.25) is 5.02 Å². The van der Waals surface area contributed by atoms with E-state index in [1.165, 1.54) is 0 Å². The van der Waals surface area contributed by atoms with Gasteiger partial charge in [-0.1, -0.05) is 29.8 Å². The SMILES string of the molecule is O=C(Nc1cccc2n[nH]nc12)c1ccccc1Cl. The van der Waals surface area contributed by atoms with Gasteiger partial charge < -0.3 is 5.32 Å². The van der Waals surface area contributed by atoms with Crippen LogP contribution in [0.3, 0.4) is 0 Å². The van der Waals surface area contributed by atoms with E-state index in [-0.39, 0.29) is 5.91 Å². The maximum absolute atomic E-state index is 12.1. The summed E-state index contributed by atoms with van der Waals surface area (Å²) in [7, 11) is 0. The first-order valence-corrected chi connectivity index (χ1v) is 5.99. The minimum absolute atomic E-state index is 0.277. The highest BCUT2D eigenvalue weighted by Gasteiger charge is 2.12. The van der Waals surface area contributed by atoms with Crippen molar-refractivity contribution in [1.29, 1.82) is 0 Å². The van der Waals surface area contributed by atoms with Crippen LogP contribution in [0.4, 0.5) is 5.69 Å². The smallest absolute Gasteiger partial charge is 0.257 e. The molecule has 0 aliphatic heterocycles. The zero-order chi connectivity index (χ0) is 13.2. The topological polar surface area (TPSA) is 70.7 Å². The van der Waals surface area contributed by atoms with Crippen molar-refractivity contribution >= 4 is 34.2 Å². The zero-order valence-electron chi connectivity index (χ0n) is 9.72. The molecule has 0 fully saturated rings. The molecule has 19 heavy (non-hydrogen) atoms. The third-order valence-corrected chi connectivity index (χ3v) is 3.04. The summed E-state index contributed by atoms with van der Waals surface area (Å²) in [5.74, 6) is -0.277. The lowest BCUT2D eigenvalue weighted by Gasteiger charge is -2.06. The number of H-pyrrole nitrogens is 1. The summed E-state index contributed by atoms with van der Waals surface area (Å²) in [6.07, 6.45) is 0. The van der Waals surface area contributed by atoms with Gasteiger partial charge in [-0.25, -0.2) is 0 Å². The molecule has 6 heteroatoms. The third-order valence-electron chi connectivity index (χ3n) is 2.71. The first kappa shape index (κ1) is 11.7. The molecular formula is C13H9ClN4O. The Labute approximate surface area is 113 Å². The zero-order valence-corrected chi connectivity index (χ0v) is 10.5. The first-order valence-electron chi connectivity index (χ1n) is 5.61. The normalized spacial score (nSPS) is 10.6. The van der Waals surface area contributed by atoms with Crippen LogP contribution in [-0.2, 0) is 0 Å². The number of para-hydroxylation sites is 1. The highest BCUT2D eigenvalue weighted by atomic mass is 35.5. The summed E-state index contributed by atoms with van der Waals surface area (Å²) >= 11 is 5.99. The fourth-order valence-corrected chi connectivity index (χ4v) is 2.03. The van der Waals surface area contributed by atoms with E-state index in [1.54, 1.807) is 36.4 Å². The van der Waals surface area contributed by atoms with E-state index in [4.69, 9.17) is 11.6 Å². The van der Waals surface area contributed by atoms with Gasteiger partial charge in [0.1, 0.15) is 11.0 Å². The van der Waals surface area contributed by atoms with E-state index in [0.29, 0.717) is 27.3 Å². The molecule has 3 aromatic rings. The minimum Gasteiger partial charge on any atom is -0.320 e. The van der Waals surface area contributed by atoms with Crippen molar-refractivity contribution in [3.8, 4) is 0 Å².